The van der Waals surface area contributed by atoms with Gasteiger partial charge in [0, 0.05) is 11.6 Å². The number of oxazole rings is 1. The van der Waals surface area contributed by atoms with Crippen LogP contribution >= 0.6 is 0 Å². The topological polar surface area (TPSA) is 115 Å². The standard InChI is InChI=1S/C12H13N3O5S/c1-9-6-13-12(20-9)7-14-21(18,19)8-10-4-2-3-5-11(10)15(16)17/h2-6,14H,7-8H2,1H3. The summed E-state index contributed by atoms with van der Waals surface area (Å²) >= 11 is 0. The lowest BCUT2D eigenvalue weighted by atomic mass is 10.2. The first-order valence-corrected chi connectivity index (χ1v) is 7.63. The Kier molecular flexibility index (Phi) is 4.34. The summed E-state index contributed by atoms with van der Waals surface area (Å²) in [6.45, 7) is 1.59. The van der Waals surface area contributed by atoms with Gasteiger partial charge in [-0.05, 0) is 6.92 Å². The fourth-order valence-electron chi connectivity index (χ4n) is 1.72. The molecule has 9 heteroatoms. The Morgan fingerprint density at radius 3 is 2.71 bits per heavy atom. The van der Waals surface area contributed by atoms with Crippen molar-refractivity contribution in [2.45, 2.75) is 19.2 Å². The van der Waals surface area contributed by atoms with Gasteiger partial charge in [0.2, 0.25) is 15.9 Å². The highest BCUT2D eigenvalue weighted by atomic mass is 32.2. The van der Waals surface area contributed by atoms with Gasteiger partial charge in [-0.3, -0.25) is 10.1 Å². The number of aryl methyl sites for hydroxylation is 1. The molecular weight excluding hydrogens is 298 g/mol. The summed E-state index contributed by atoms with van der Waals surface area (Å²) in [6, 6.07) is 5.71. The SMILES string of the molecule is Cc1cnc(CNS(=O)(=O)Cc2ccccc2[N+](=O)[O-])o1. The number of para-hydroxylation sites is 1. The molecule has 0 bridgehead atoms. The third-order valence-corrected chi connectivity index (χ3v) is 3.92. The van der Waals surface area contributed by atoms with Crippen molar-refractivity contribution in [2.24, 2.45) is 0 Å². The Bertz CT molecular complexity index is 754. The van der Waals surface area contributed by atoms with Gasteiger partial charge in [0.15, 0.2) is 0 Å². The van der Waals surface area contributed by atoms with E-state index in [-0.39, 0.29) is 23.7 Å². The quantitative estimate of drug-likeness (QED) is 0.638. The second-order valence-electron chi connectivity index (χ2n) is 4.33. The largest absolute Gasteiger partial charge is 0.445 e. The first kappa shape index (κ1) is 15.1. The summed E-state index contributed by atoms with van der Waals surface area (Å²) in [5.41, 5.74) is -0.103. The number of hydrogen-bond acceptors (Lipinski definition) is 6. The lowest BCUT2D eigenvalue weighted by Crippen LogP contribution is -2.25. The molecule has 21 heavy (non-hydrogen) atoms. The molecule has 0 radical (unpaired) electrons. The van der Waals surface area contributed by atoms with Crippen molar-refractivity contribution in [1.29, 1.82) is 0 Å². The van der Waals surface area contributed by atoms with Gasteiger partial charge in [-0.2, -0.15) is 0 Å². The van der Waals surface area contributed by atoms with Gasteiger partial charge < -0.3 is 4.42 Å². The minimum Gasteiger partial charge on any atom is -0.445 e. The number of hydrogen-bond donors (Lipinski definition) is 1. The normalized spacial score (nSPS) is 11.5. The number of nitro benzene ring substituents is 1. The Morgan fingerprint density at radius 2 is 2.10 bits per heavy atom. The van der Waals surface area contributed by atoms with Crippen molar-refractivity contribution in [2.75, 3.05) is 0 Å². The van der Waals surface area contributed by atoms with E-state index >= 15 is 0 Å². The van der Waals surface area contributed by atoms with Crippen molar-refractivity contribution < 1.29 is 17.8 Å². The number of sulfonamides is 1. The van der Waals surface area contributed by atoms with Gasteiger partial charge in [-0.1, -0.05) is 18.2 Å². The second-order valence-corrected chi connectivity index (χ2v) is 6.14. The predicted molar refractivity (Wildman–Crippen MR) is 73.8 cm³/mol. The average Bonchev–Trinajstić information content (AvgIpc) is 2.82. The van der Waals surface area contributed by atoms with Crippen LogP contribution in [-0.2, 0) is 22.3 Å². The summed E-state index contributed by atoms with van der Waals surface area (Å²) in [7, 11) is -3.73. The third-order valence-electron chi connectivity index (χ3n) is 2.65. The molecule has 0 fully saturated rings. The van der Waals surface area contributed by atoms with E-state index in [4.69, 9.17) is 4.42 Å². The van der Waals surface area contributed by atoms with E-state index in [0.717, 1.165) is 0 Å². The highest BCUT2D eigenvalue weighted by molar-refractivity contribution is 7.88. The molecule has 0 atom stereocenters. The summed E-state index contributed by atoms with van der Waals surface area (Å²) in [4.78, 5) is 14.1. The average molecular weight is 311 g/mol. The molecule has 0 spiro atoms. The molecular formula is C12H13N3O5S. The summed E-state index contributed by atoms with van der Waals surface area (Å²) in [6.07, 6.45) is 1.48. The van der Waals surface area contributed by atoms with Gasteiger partial charge in [0.05, 0.1) is 23.4 Å². The maximum Gasteiger partial charge on any atom is 0.273 e. The van der Waals surface area contributed by atoms with Crippen LogP contribution in [0, 0.1) is 17.0 Å². The zero-order chi connectivity index (χ0) is 15.5. The lowest BCUT2D eigenvalue weighted by Gasteiger charge is -2.05. The molecule has 1 aromatic carbocycles. The molecule has 0 aliphatic carbocycles. The Labute approximate surface area is 121 Å². The second kappa shape index (κ2) is 6.02. The van der Waals surface area contributed by atoms with Crippen LogP contribution in [-0.4, -0.2) is 18.3 Å². The number of benzene rings is 1. The highest BCUT2D eigenvalue weighted by Crippen LogP contribution is 2.19. The van der Waals surface area contributed by atoms with Crippen LogP contribution in [0.25, 0.3) is 0 Å². The highest BCUT2D eigenvalue weighted by Gasteiger charge is 2.20. The van der Waals surface area contributed by atoms with E-state index in [1.165, 1.54) is 24.4 Å². The molecule has 0 aliphatic rings. The molecule has 0 saturated carbocycles. The molecule has 0 amide bonds. The van der Waals surface area contributed by atoms with Crippen LogP contribution in [0.3, 0.4) is 0 Å². The molecule has 2 aromatic rings. The van der Waals surface area contributed by atoms with Crippen molar-refractivity contribution in [3.05, 3.63) is 57.8 Å². The molecule has 0 saturated heterocycles. The number of aromatic nitrogens is 1. The Hall–Kier alpha value is -2.26. The number of nitro groups is 1. The number of nitrogens with zero attached hydrogens (tertiary/aromatic N) is 2. The summed E-state index contributed by atoms with van der Waals surface area (Å²) in [5.74, 6) is 0.325. The van der Waals surface area contributed by atoms with Crippen LogP contribution in [0.5, 0.6) is 0 Å². The van der Waals surface area contributed by atoms with Crippen molar-refractivity contribution in [3.8, 4) is 0 Å². The Morgan fingerprint density at radius 1 is 1.38 bits per heavy atom. The molecule has 8 nitrogen and oxygen atoms in total. The van der Waals surface area contributed by atoms with E-state index in [9.17, 15) is 18.5 Å². The van der Waals surface area contributed by atoms with Gasteiger partial charge in [0.25, 0.3) is 5.69 Å². The van der Waals surface area contributed by atoms with Gasteiger partial charge in [-0.25, -0.2) is 18.1 Å². The molecule has 1 aromatic heterocycles. The van der Waals surface area contributed by atoms with Gasteiger partial charge in [-0.15, -0.1) is 0 Å². The number of nitrogens with one attached hydrogen (secondary N) is 1. The fraction of sp³-hybridized carbons (Fsp3) is 0.250. The molecule has 0 aliphatic heterocycles. The van der Waals surface area contributed by atoms with Crippen LogP contribution < -0.4 is 4.72 Å². The zero-order valence-electron chi connectivity index (χ0n) is 11.1. The Balaban J connectivity index is 2.09. The van der Waals surface area contributed by atoms with E-state index in [2.05, 4.69) is 9.71 Å². The molecule has 2 rings (SSSR count). The first-order valence-electron chi connectivity index (χ1n) is 5.98. The van der Waals surface area contributed by atoms with E-state index in [0.29, 0.717) is 5.76 Å². The molecule has 0 unspecified atom stereocenters. The lowest BCUT2D eigenvalue weighted by molar-refractivity contribution is -0.385. The molecule has 1 N–H and O–H groups in total. The summed E-state index contributed by atoms with van der Waals surface area (Å²) < 4.78 is 31.3. The minimum absolute atomic E-state index is 0.100. The first-order chi connectivity index (χ1) is 9.87. The number of rotatable bonds is 6. The van der Waals surface area contributed by atoms with Crippen molar-refractivity contribution >= 4 is 15.7 Å². The maximum absolute atomic E-state index is 12.0. The van der Waals surface area contributed by atoms with Crippen molar-refractivity contribution in [1.82, 2.24) is 9.71 Å². The van der Waals surface area contributed by atoms with Crippen molar-refractivity contribution in [3.63, 3.8) is 0 Å². The summed E-state index contributed by atoms with van der Waals surface area (Å²) in [5, 5.41) is 10.9. The van der Waals surface area contributed by atoms with Gasteiger partial charge >= 0.3 is 0 Å². The van der Waals surface area contributed by atoms with E-state index < -0.39 is 20.7 Å². The van der Waals surface area contributed by atoms with Crippen LogP contribution in [0.1, 0.15) is 17.2 Å². The van der Waals surface area contributed by atoms with Crippen LogP contribution in [0.4, 0.5) is 5.69 Å². The fourth-order valence-corrected chi connectivity index (χ4v) is 2.82. The molecule has 1 heterocycles. The van der Waals surface area contributed by atoms with E-state index in [1.807, 2.05) is 0 Å². The van der Waals surface area contributed by atoms with Crippen LogP contribution in [0.2, 0.25) is 0 Å². The van der Waals surface area contributed by atoms with E-state index in [1.54, 1.807) is 13.0 Å². The monoisotopic (exact) mass is 311 g/mol. The predicted octanol–water partition coefficient (Wildman–Crippen LogP) is 1.51. The maximum atomic E-state index is 12.0. The van der Waals surface area contributed by atoms with Gasteiger partial charge in [0.1, 0.15) is 5.76 Å². The smallest absolute Gasteiger partial charge is 0.273 e. The third kappa shape index (κ3) is 4.10. The van der Waals surface area contributed by atoms with Crippen LogP contribution in [0.15, 0.2) is 34.9 Å². The molecule has 112 valence electrons. The minimum atomic E-state index is -3.73. The zero-order valence-corrected chi connectivity index (χ0v) is 12.0.